The second kappa shape index (κ2) is 6.69. The molecular formula is C14H20N2OS. The van der Waals surface area contributed by atoms with Crippen molar-refractivity contribution in [2.75, 3.05) is 18.8 Å². The Morgan fingerprint density at radius 1 is 1.28 bits per heavy atom. The highest BCUT2D eigenvalue weighted by atomic mass is 32.1. The topological polar surface area (TPSA) is 32.3 Å². The van der Waals surface area contributed by atoms with E-state index in [1.54, 1.807) is 0 Å². The minimum absolute atomic E-state index is 0.0579. The predicted octanol–water partition coefficient (Wildman–Crippen LogP) is 2.33. The number of nitrogens with zero attached hydrogens (tertiary/aromatic N) is 1. The zero-order valence-corrected chi connectivity index (χ0v) is 11.4. The van der Waals surface area contributed by atoms with Crippen LogP contribution in [0.15, 0.2) is 30.3 Å². The third-order valence-electron chi connectivity index (χ3n) is 3.27. The third-order valence-corrected chi connectivity index (χ3v) is 3.71. The average Bonchev–Trinajstić information content (AvgIpc) is 2.93. The molecule has 1 aromatic rings. The predicted molar refractivity (Wildman–Crippen MR) is 77.1 cm³/mol. The van der Waals surface area contributed by atoms with Gasteiger partial charge < -0.3 is 10.2 Å². The molecule has 0 bridgehead atoms. The van der Waals surface area contributed by atoms with Crippen molar-refractivity contribution in [1.29, 1.82) is 0 Å². The van der Waals surface area contributed by atoms with E-state index in [1.807, 2.05) is 23.1 Å². The molecule has 1 N–H and O–H groups in total. The van der Waals surface area contributed by atoms with E-state index < -0.39 is 0 Å². The first-order valence-electron chi connectivity index (χ1n) is 6.50. The lowest BCUT2D eigenvalue weighted by atomic mass is 10.1. The van der Waals surface area contributed by atoms with E-state index in [2.05, 4.69) is 30.1 Å². The Labute approximate surface area is 114 Å². The summed E-state index contributed by atoms with van der Waals surface area (Å²) < 4.78 is 0. The van der Waals surface area contributed by atoms with Crippen LogP contribution in [0.3, 0.4) is 0 Å². The summed E-state index contributed by atoms with van der Waals surface area (Å²) in [7, 11) is 0. The van der Waals surface area contributed by atoms with E-state index in [4.69, 9.17) is 0 Å². The monoisotopic (exact) mass is 264 g/mol. The minimum Gasteiger partial charge on any atom is -0.334 e. The standard InChI is InChI=1S/C14H20N2OS/c17-14(16-8-4-5-9-16)15-13(11-18)10-12-6-2-1-3-7-12/h1-3,6-7,13,18H,4-5,8-11H2,(H,15,17). The molecule has 2 rings (SSSR count). The molecule has 0 spiro atoms. The van der Waals surface area contributed by atoms with Gasteiger partial charge in [0.15, 0.2) is 0 Å². The van der Waals surface area contributed by atoms with Gasteiger partial charge in [0.1, 0.15) is 0 Å². The van der Waals surface area contributed by atoms with Crippen LogP contribution in [0.1, 0.15) is 18.4 Å². The molecule has 1 atom stereocenters. The maximum atomic E-state index is 12.0. The Morgan fingerprint density at radius 3 is 2.56 bits per heavy atom. The fourth-order valence-electron chi connectivity index (χ4n) is 2.25. The highest BCUT2D eigenvalue weighted by molar-refractivity contribution is 7.80. The Balaban J connectivity index is 1.87. The molecule has 2 amide bonds. The van der Waals surface area contributed by atoms with Crippen LogP contribution in [0.2, 0.25) is 0 Å². The van der Waals surface area contributed by atoms with Gasteiger partial charge >= 0.3 is 6.03 Å². The molecule has 0 saturated carbocycles. The number of hydrogen-bond acceptors (Lipinski definition) is 2. The van der Waals surface area contributed by atoms with Crippen molar-refractivity contribution in [3.63, 3.8) is 0 Å². The van der Waals surface area contributed by atoms with E-state index in [1.165, 1.54) is 5.56 Å². The van der Waals surface area contributed by atoms with Crippen LogP contribution in [0, 0.1) is 0 Å². The number of benzene rings is 1. The van der Waals surface area contributed by atoms with E-state index in [0.717, 1.165) is 32.4 Å². The first-order valence-corrected chi connectivity index (χ1v) is 7.13. The summed E-state index contributed by atoms with van der Waals surface area (Å²) in [5.41, 5.74) is 1.23. The molecule has 1 heterocycles. The average molecular weight is 264 g/mol. The molecule has 1 saturated heterocycles. The Morgan fingerprint density at radius 2 is 1.94 bits per heavy atom. The second-order valence-electron chi connectivity index (χ2n) is 4.71. The lowest BCUT2D eigenvalue weighted by Crippen LogP contribution is -2.45. The van der Waals surface area contributed by atoms with Gasteiger partial charge in [-0.2, -0.15) is 12.6 Å². The smallest absolute Gasteiger partial charge is 0.317 e. The van der Waals surface area contributed by atoms with Gasteiger partial charge in [0.2, 0.25) is 0 Å². The van der Waals surface area contributed by atoms with Crippen molar-refractivity contribution >= 4 is 18.7 Å². The van der Waals surface area contributed by atoms with Gasteiger partial charge in [-0.05, 0) is 24.8 Å². The zero-order chi connectivity index (χ0) is 12.8. The molecule has 0 aliphatic carbocycles. The quantitative estimate of drug-likeness (QED) is 0.804. The summed E-state index contributed by atoms with van der Waals surface area (Å²) in [5, 5.41) is 3.07. The van der Waals surface area contributed by atoms with Crippen molar-refractivity contribution in [2.45, 2.75) is 25.3 Å². The van der Waals surface area contributed by atoms with E-state index in [9.17, 15) is 4.79 Å². The molecule has 1 aromatic carbocycles. The number of hydrogen-bond donors (Lipinski definition) is 2. The molecule has 0 aromatic heterocycles. The normalized spacial score (nSPS) is 16.6. The van der Waals surface area contributed by atoms with Crippen LogP contribution in [0.4, 0.5) is 4.79 Å². The molecule has 3 nitrogen and oxygen atoms in total. The van der Waals surface area contributed by atoms with E-state index in [0.29, 0.717) is 5.75 Å². The lowest BCUT2D eigenvalue weighted by molar-refractivity contribution is 0.205. The van der Waals surface area contributed by atoms with Crippen molar-refractivity contribution in [3.8, 4) is 0 Å². The number of nitrogens with one attached hydrogen (secondary N) is 1. The Hall–Kier alpha value is -1.16. The van der Waals surface area contributed by atoms with Crippen molar-refractivity contribution in [3.05, 3.63) is 35.9 Å². The van der Waals surface area contributed by atoms with E-state index in [-0.39, 0.29) is 12.1 Å². The van der Waals surface area contributed by atoms with Crippen molar-refractivity contribution in [2.24, 2.45) is 0 Å². The molecule has 4 heteroatoms. The van der Waals surface area contributed by atoms with Crippen LogP contribution < -0.4 is 5.32 Å². The van der Waals surface area contributed by atoms with Gasteiger partial charge in [-0.1, -0.05) is 30.3 Å². The van der Waals surface area contributed by atoms with Crippen molar-refractivity contribution in [1.82, 2.24) is 10.2 Å². The number of likely N-dealkylation sites (tertiary alicyclic amines) is 1. The number of rotatable bonds is 4. The molecule has 18 heavy (non-hydrogen) atoms. The molecular weight excluding hydrogens is 244 g/mol. The maximum absolute atomic E-state index is 12.0. The molecule has 1 fully saturated rings. The molecule has 1 unspecified atom stereocenters. The van der Waals surface area contributed by atoms with Gasteiger partial charge in [0.25, 0.3) is 0 Å². The van der Waals surface area contributed by atoms with Gasteiger partial charge in [0.05, 0.1) is 0 Å². The van der Waals surface area contributed by atoms with Gasteiger partial charge in [-0.3, -0.25) is 0 Å². The SMILES string of the molecule is O=C(NC(CS)Cc1ccccc1)N1CCCC1. The summed E-state index contributed by atoms with van der Waals surface area (Å²) in [5.74, 6) is 0.661. The van der Waals surface area contributed by atoms with Crippen molar-refractivity contribution < 1.29 is 4.79 Å². The maximum Gasteiger partial charge on any atom is 0.317 e. The molecule has 98 valence electrons. The van der Waals surface area contributed by atoms with E-state index >= 15 is 0 Å². The lowest BCUT2D eigenvalue weighted by Gasteiger charge is -2.22. The van der Waals surface area contributed by atoms with Gasteiger partial charge in [-0.15, -0.1) is 0 Å². The van der Waals surface area contributed by atoms with Gasteiger partial charge in [0, 0.05) is 24.9 Å². The Bertz CT molecular complexity index is 377. The Kier molecular flexibility index (Phi) is 4.93. The molecule has 1 aliphatic rings. The first-order chi connectivity index (χ1) is 8.79. The largest absolute Gasteiger partial charge is 0.334 e. The van der Waals surface area contributed by atoms with Crippen LogP contribution in [-0.2, 0) is 6.42 Å². The fraction of sp³-hybridized carbons (Fsp3) is 0.500. The number of thiol groups is 1. The van der Waals surface area contributed by atoms with Crippen LogP contribution in [0.5, 0.6) is 0 Å². The number of carbonyl (C=O) groups is 1. The summed E-state index contributed by atoms with van der Waals surface area (Å²) in [4.78, 5) is 13.9. The number of urea groups is 1. The van der Waals surface area contributed by atoms with Gasteiger partial charge in [-0.25, -0.2) is 4.79 Å². The number of carbonyl (C=O) groups excluding carboxylic acids is 1. The molecule has 1 aliphatic heterocycles. The minimum atomic E-state index is 0.0579. The second-order valence-corrected chi connectivity index (χ2v) is 5.08. The summed E-state index contributed by atoms with van der Waals surface area (Å²) >= 11 is 4.33. The summed E-state index contributed by atoms with van der Waals surface area (Å²) in [6.45, 7) is 1.77. The summed E-state index contributed by atoms with van der Waals surface area (Å²) in [6, 6.07) is 10.4. The highest BCUT2D eigenvalue weighted by Crippen LogP contribution is 2.09. The summed E-state index contributed by atoms with van der Waals surface area (Å²) in [6.07, 6.45) is 3.08. The highest BCUT2D eigenvalue weighted by Gasteiger charge is 2.20. The van der Waals surface area contributed by atoms with Crippen LogP contribution >= 0.6 is 12.6 Å². The fourth-order valence-corrected chi connectivity index (χ4v) is 2.47. The third kappa shape index (κ3) is 3.67. The van der Waals surface area contributed by atoms with Crippen LogP contribution in [0.25, 0.3) is 0 Å². The first kappa shape index (κ1) is 13.3. The molecule has 0 radical (unpaired) electrons. The zero-order valence-electron chi connectivity index (χ0n) is 10.5. The number of amides is 2. The van der Waals surface area contributed by atoms with Crippen LogP contribution in [-0.4, -0.2) is 35.8 Å².